The molecule has 0 aliphatic rings. The number of hydrogen-bond acceptors (Lipinski definition) is 3. The van der Waals surface area contributed by atoms with Gasteiger partial charge in [-0.3, -0.25) is 0 Å². The van der Waals surface area contributed by atoms with Crippen molar-refractivity contribution in [1.29, 1.82) is 0 Å². The summed E-state index contributed by atoms with van der Waals surface area (Å²) in [5.41, 5.74) is 0. The van der Waals surface area contributed by atoms with Crippen LogP contribution >= 0.6 is 0 Å². The lowest BCUT2D eigenvalue weighted by molar-refractivity contribution is -0.0800. The number of aromatic hydroxyl groups is 1. The summed E-state index contributed by atoms with van der Waals surface area (Å²) in [6.45, 7) is 4.45. The van der Waals surface area contributed by atoms with Gasteiger partial charge in [0.1, 0.15) is 5.75 Å². The lowest BCUT2D eigenvalue weighted by Crippen LogP contribution is -2.20. The minimum absolute atomic E-state index is 0.362. The Kier molecular flexibility index (Phi) is 5.05. The van der Waals surface area contributed by atoms with Crippen LogP contribution in [0.1, 0.15) is 26.7 Å². The Bertz CT molecular complexity index is 322. The maximum absolute atomic E-state index is 13.0. The summed E-state index contributed by atoms with van der Waals surface area (Å²) < 4.78 is 23.8. The van der Waals surface area contributed by atoms with Crippen LogP contribution in [0.15, 0.2) is 18.2 Å². The van der Waals surface area contributed by atoms with E-state index < -0.39 is 5.82 Å². The molecule has 0 heterocycles. The van der Waals surface area contributed by atoms with E-state index in [2.05, 4.69) is 0 Å². The highest BCUT2D eigenvalue weighted by Gasteiger charge is 2.10. The van der Waals surface area contributed by atoms with E-state index in [1.165, 1.54) is 12.1 Å². The van der Waals surface area contributed by atoms with Gasteiger partial charge >= 0.3 is 0 Å². The Morgan fingerprint density at radius 3 is 2.69 bits per heavy atom. The van der Waals surface area contributed by atoms with Gasteiger partial charge in [0.25, 0.3) is 0 Å². The normalized spacial score (nSPS) is 12.4. The third-order valence-corrected chi connectivity index (χ3v) is 2.06. The molecule has 0 bridgehead atoms. The molecule has 0 aliphatic carbocycles. The van der Waals surface area contributed by atoms with E-state index in [-0.39, 0.29) is 12.0 Å². The first-order valence-corrected chi connectivity index (χ1v) is 5.44. The van der Waals surface area contributed by atoms with Gasteiger partial charge in [-0.1, -0.05) is 13.3 Å². The van der Waals surface area contributed by atoms with Crippen molar-refractivity contribution < 1.29 is 19.0 Å². The summed E-state index contributed by atoms with van der Waals surface area (Å²) in [5.74, 6) is -0.706. The van der Waals surface area contributed by atoms with Gasteiger partial charge in [-0.25, -0.2) is 4.39 Å². The standard InChI is InChI=1S/C12H17FO3/c1-3-5-12(15-4-2)16-9-6-7-11(14)10(13)8-9/h6-8,12,14H,3-5H2,1-2H3. The molecular weight excluding hydrogens is 211 g/mol. The van der Waals surface area contributed by atoms with E-state index in [0.717, 1.165) is 18.9 Å². The summed E-state index contributed by atoms with van der Waals surface area (Å²) in [5, 5.41) is 9.02. The molecule has 3 nitrogen and oxygen atoms in total. The number of ether oxygens (including phenoxy) is 2. The molecule has 1 unspecified atom stereocenters. The van der Waals surface area contributed by atoms with Crippen LogP contribution in [-0.4, -0.2) is 18.0 Å². The maximum Gasteiger partial charge on any atom is 0.199 e. The molecule has 0 radical (unpaired) electrons. The fourth-order valence-corrected chi connectivity index (χ4v) is 1.31. The molecule has 4 heteroatoms. The van der Waals surface area contributed by atoms with Crippen molar-refractivity contribution >= 4 is 0 Å². The van der Waals surface area contributed by atoms with Gasteiger partial charge in [0.15, 0.2) is 17.9 Å². The van der Waals surface area contributed by atoms with E-state index in [4.69, 9.17) is 14.6 Å². The van der Waals surface area contributed by atoms with Crippen molar-refractivity contribution in [3.63, 3.8) is 0 Å². The third kappa shape index (κ3) is 3.70. The first kappa shape index (κ1) is 12.8. The van der Waals surface area contributed by atoms with Gasteiger partial charge in [0, 0.05) is 19.1 Å². The second-order valence-corrected chi connectivity index (χ2v) is 3.40. The lowest BCUT2D eigenvalue weighted by Gasteiger charge is -2.18. The van der Waals surface area contributed by atoms with Crippen LogP contribution in [0.4, 0.5) is 4.39 Å². The van der Waals surface area contributed by atoms with Crippen molar-refractivity contribution in [2.45, 2.75) is 33.0 Å². The number of halogens is 1. The van der Waals surface area contributed by atoms with Gasteiger partial charge in [-0.2, -0.15) is 0 Å². The summed E-state index contributed by atoms with van der Waals surface area (Å²) >= 11 is 0. The molecule has 0 spiro atoms. The van der Waals surface area contributed by atoms with Crippen LogP contribution < -0.4 is 4.74 Å². The van der Waals surface area contributed by atoms with Gasteiger partial charge in [0.05, 0.1) is 0 Å². The van der Waals surface area contributed by atoms with Crippen LogP contribution in [-0.2, 0) is 4.74 Å². The molecule has 1 atom stereocenters. The monoisotopic (exact) mass is 228 g/mol. The Labute approximate surface area is 94.8 Å². The van der Waals surface area contributed by atoms with Gasteiger partial charge in [-0.15, -0.1) is 0 Å². The minimum Gasteiger partial charge on any atom is -0.505 e. The Balaban J connectivity index is 2.65. The van der Waals surface area contributed by atoms with Crippen LogP contribution in [0.25, 0.3) is 0 Å². The fourth-order valence-electron chi connectivity index (χ4n) is 1.31. The van der Waals surface area contributed by atoms with Crippen LogP contribution in [0.5, 0.6) is 11.5 Å². The Hall–Kier alpha value is -1.29. The zero-order valence-electron chi connectivity index (χ0n) is 9.57. The smallest absolute Gasteiger partial charge is 0.199 e. The molecule has 90 valence electrons. The molecule has 1 rings (SSSR count). The van der Waals surface area contributed by atoms with Crippen LogP contribution in [0.2, 0.25) is 0 Å². The van der Waals surface area contributed by atoms with Gasteiger partial charge in [0.2, 0.25) is 0 Å². The molecule has 1 aromatic rings. The molecule has 0 fully saturated rings. The number of phenolic OH excluding ortho intramolecular Hbond substituents is 1. The summed E-state index contributed by atoms with van der Waals surface area (Å²) in [6, 6.07) is 3.93. The first-order valence-electron chi connectivity index (χ1n) is 5.44. The minimum atomic E-state index is -0.691. The van der Waals surface area contributed by atoms with E-state index in [0.29, 0.717) is 12.4 Å². The SMILES string of the molecule is CCCC(OCC)Oc1ccc(O)c(F)c1. The van der Waals surface area contributed by atoms with Crippen molar-refractivity contribution in [1.82, 2.24) is 0 Å². The topological polar surface area (TPSA) is 38.7 Å². The predicted octanol–water partition coefficient (Wildman–Crippen LogP) is 3.07. The van der Waals surface area contributed by atoms with Crippen molar-refractivity contribution in [3.8, 4) is 11.5 Å². The summed E-state index contributed by atoms with van der Waals surface area (Å²) in [7, 11) is 0. The molecule has 0 aromatic heterocycles. The average Bonchev–Trinajstić information content (AvgIpc) is 2.24. The Morgan fingerprint density at radius 1 is 1.38 bits per heavy atom. The molecule has 16 heavy (non-hydrogen) atoms. The summed E-state index contributed by atoms with van der Waals surface area (Å²) in [4.78, 5) is 0. The van der Waals surface area contributed by atoms with Crippen molar-refractivity contribution in [2.75, 3.05) is 6.61 Å². The second-order valence-electron chi connectivity index (χ2n) is 3.40. The number of rotatable bonds is 6. The zero-order chi connectivity index (χ0) is 12.0. The molecule has 0 saturated heterocycles. The fraction of sp³-hybridized carbons (Fsp3) is 0.500. The number of phenols is 1. The molecule has 0 amide bonds. The van der Waals surface area contributed by atoms with Crippen molar-refractivity contribution in [3.05, 3.63) is 24.0 Å². The molecular formula is C12H17FO3. The summed E-state index contributed by atoms with van der Waals surface area (Å²) in [6.07, 6.45) is 1.31. The highest BCUT2D eigenvalue weighted by atomic mass is 19.1. The van der Waals surface area contributed by atoms with Gasteiger partial charge < -0.3 is 14.6 Å². The maximum atomic E-state index is 13.0. The van der Waals surface area contributed by atoms with E-state index in [9.17, 15) is 4.39 Å². The highest BCUT2D eigenvalue weighted by molar-refractivity contribution is 5.31. The number of hydrogen-bond donors (Lipinski definition) is 1. The second kappa shape index (κ2) is 6.33. The average molecular weight is 228 g/mol. The van der Waals surface area contributed by atoms with E-state index >= 15 is 0 Å². The third-order valence-electron chi connectivity index (χ3n) is 2.06. The van der Waals surface area contributed by atoms with E-state index in [1.54, 1.807) is 0 Å². The number of benzene rings is 1. The van der Waals surface area contributed by atoms with Crippen molar-refractivity contribution in [2.24, 2.45) is 0 Å². The quantitative estimate of drug-likeness (QED) is 0.760. The lowest BCUT2D eigenvalue weighted by atomic mass is 10.3. The van der Waals surface area contributed by atoms with E-state index in [1.807, 2.05) is 13.8 Å². The van der Waals surface area contributed by atoms with Crippen LogP contribution in [0.3, 0.4) is 0 Å². The zero-order valence-corrected chi connectivity index (χ0v) is 9.57. The molecule has 1 aromatic carbocycles. The predicted molar refractivity (Wildman–Crippen MR) is 59.0 cm³/mol. The largest absolute Gasteiger partial charge is 0.505 e. The molecule has 0 aliphatic heterocycles. The van der Waals surface area contributed by atoms with Gasteiger partial charge in [-0.05, 0) is 19.1 Å². The first-order chi connectivity index (χ1) is 7.67. The Morgan fingerprint density at radius 2 is 2.12 bits per heavy atom. The van der Waals surface area contributed by atoms with Crippen LogP contribution in [0, 0.1) is 5.82 Å². The highest BCUT2D eigenvalue weighted by Crippen LogP contribution is 2.22. The molecule has 1 N–H and O–H groups in total. The molecule has 0 saturated carbocycles.